The zero-order valence-corrected chi connectivity index (χ0v) is 15.5. The zero-order valence-electron chi connectivity index (χ0n) is 15.5. The summed E-state index contributed by atoms with van der Waals surface area (Å²) in [6, 6.07) is 5.56. The lowest BCUT2D eigenvalue weighted by molar-refractivity contribution is -0.125. The minimum atomic E-state index is -0.574. The van der Waals surface area contributed by atoms with Crippen molar-refractivity contribution >= 4 is 35.1 Å². The molecule has 0 aromatic heterocycles. The second-order valence-electron chi connectivity index (χ2n) is 6.80. The molecule has 1 aromatic rings. The van der Waals surface area contributed by atoms with Gasteiger partial charge in [-0.2, -0.15) is 0 Å². The van der Waals surface area contributed by atoms with Gasteiger partial charge in [-0.05, 0) is 36.6 Å². The van der Waals surface area contributed by atoms with Crippen molar-refractivity contribution in [2.24, 2.45) is 11.7 Å². The average molecular weight is 375 g/mol. The predicted molar refractivity (Wildman–Crippen MR) is 101 cm³/mol. The maximum absolute atomic E-state index is 12.0. The van der Waals surface area contributed by atoms with Crippen LogP contribution >= 0.6 is 0 Å². The van der Waals surface area contributed by atoms with E-state index in [0.717, 1.165) is 4.90 Å². The summed E-state index contributed by atoms with van der Waals surface area (Å²) in [5, 5.41) is 7.81. The van der Waals surface area contributed by atoms with E-state index in [4.69, 9.17) is 5.73 Å². The summed E-state index contributed by atoms with van der Waals surface area (Å²) in [6.07, 6.45) is 0.596. The summed E-state index contributed by atoms with van der Waals surface area (Å²) >= 11 is 0. The van der Waals surface area contributed by atoms with Gasteiger partial charge in [0.25, 0.3) is 0 Å². The molecule has 0 radical (unpaired) electrons. The minimum absolute atomic E-state index is 0.00169. The molecule has 0 bridgehead atoms. The van der Waals surface area contributed by atoms with E-state index >= 15 is 0 Å². The van der Waals surface area contributed by atoms with Gasteiger partial charge in [-0.25, -0.2) is 4.79 Å². The van der Waals surface area contributed by atoms with E-state index in [-0.39, 0.29) is 37.2 Å². The molecule has 0 aliphatic carbocycles. The van der Waals surface area contributed by atoms with Crippen LogP contribution in [0.3, 0.4) is 0 Å². The van der Waals surface area contributed by atoms with Gasteiger partial charge in [0.2, 0.25) is 17.7 Å². The summed E-state index contributed by atoms with van der Waals surface area (Å²) in [5.74, 6) is -0.596. The van der Waals surface area contributed by atoms with Crippen molar-refractivity contribution in [3.63, 3.8) is 0 Å². The second kappa shape index (κ2) is 9.13. The highest BCUT2D eigenvalue weighted by Crippen LogP contribution is 2.15. The molecule has 1 aromatic carbocycles. The Balaban J connectivity index is 1.81. The molecule has 1 heterocycles. The van der Waals surface area contributed by atoms with Crippen LogP contribution in [0.1, 0.15) is 26.7 Å². The van der Waals surface area contributed by atoms with Gasteiger partial charge in [-0.3, -0.25) is 19.3 Å². The molecule has 1 fully saturated rings. The Morgan fingerprint density at radius 2 is 1.74 bits per heavy atom. The zero-order chi connectivity index (χ0) is 20.0. The summed E-state index contributed by atoms with van der Waals surface area (Å²) in [7, 11) is 0. The largest absolute Gasteiger partial charge is 0.329 e. The van der Waals surface area contributed by atoms with Gasteiger partial charge >= 0.3 is 6.03 Å². The third-order valence-corrected chi connectivity index (χ3v) is 4.00. The summed E-state index contributed by atoms with van der Waals surface area (Å²) in [4.78, 5) is 47.8. The standard InChI is InChI=1S/C18H25N5O4/c1-11(2)9-14(19)17(26)22-13-5-3-12(4-6-13)21-15(24)7-8-23-16(25)10-20-18(23)27/h3-6,11,14H,7-10,19H2,1-2H3,(H,20,27)(H,21,24)(H,22,26)/t14-/m0/s1. The molecule has 9 nitrogen and oxygen atoms in total. The van der Waals surface area contributed by atoms with Crippen molar-refractivity contribution in [2.45, 2.75) is 32.7 Å². The molecule has 5 N–H and O–H groups in total. The number of hydrogen-bond acceptors (Lipinski definition) is 5. The smallest absolute Gasteiger partial charge is 0.324 e. The maximum Gasteiger partial charge on any atom is 0.324 e. The van der Waals surface area contributed by atoms with Crippen LogP contribution in [-0.4, -0.2) is 47.8 Å². The molecule has 5 amide bonds. The Labute approximate surface area is 157 Å². The first-order valence-corrected chi connectivity index (χ1v) is 8.81. The van der Waals surface area contributed by atoms with Crippen LogP contribution in [0.5, 0.6) is 0 Å². The Kier molecular flexibility index (Phi) is 6.89. The number of imide groups is 1. The van der Waals surface area contributed by atoms with Gasteiger partial charge in [0.1, 0.15) is 0 Å². The van der Waals surface area contributed by atoms with E-state index in [1.54, 1.807) is 24.3 Å². The molecular formula is C18H25N5O4. The van der Waals surface area contributed by atoms with Crippen molar-refractivity contribution in [1.29, 1.82) is 0 Å². The number of hydrogen-bond donors (Lipinski definition) is 4. The number of rotatable bonds is 8. The fourth-order valence-corrected chi connectivity index (χ4v) is 2.61. The first-order valence-electron chi connectivity index (χ1n) is 8.81. The molecule has 1 saturated heterocycles. The highest BCUT2D eigenvalue weighted by molar-refractivity contribution is 6.02. The molecule has 1 atom stereocenters. The molecular weight excluding hydrogens is 350 g/mol. The van der Waals surface area contributed by atoms with Crippen molar-refractivity contribution in [3.8, 4) is 0 Å². The Morgan fingerprint density at radius 1 is 1.15 bits per heavy atom. The Morgan fingerprint density at radius 3 is 2.26 bits per heavy atom. The lowest BCUT2D eigenvalue weighted by Crippen LogP contribution is -2.36. The number of nitrogens with one attached hydrogen (secondary N) is 3. The second-order valence-corrected chi connectivity index (χ2v) is 6.80. The SMILES string of the molecule is CC(C)C[C@H](N)C(=O)Nc1ccc(NC(=O)CCN2C(=O)CNC2=O)cc1. The molecule has 27 heavy (non-hydrogen) atoms. The number of urea groups is 1. The summed E-state index contributed by atoms with van der Waals surface area (Å²) in [6.45, 7) is 3.99. The lowest BCUT2D eigenvalue weighted by Gasteiger charge is -2.14. The highest BCUT2D eigenvalue weighted by Gasteiger charge is 2.28. The van der Waals surface area contributed by atoms with Gasteiger partial charge in [-0.1, -0.05) is 13.8 Å². The van der Waals surface area contributed by atoms with Gasteiger partial charge in [0.05, 0.1) is 12.6 Å². The third kappa shape index (κ3) is 6.07. The molecule has 2 rings (SSSR count). The summed E-state index contributed by atoms with van der Waals surface area (Å²) < 4.78 is 0. The Hall–Kier alpha value is -2.94. The van der Waals surface area contributed by atoms with Crippen LogP contribution in [0.4, 0.5) is 16.2 Å². The molecule has 1 aliphatic rings. The van der Waals surface area contributed by atoms with E-state index < -0.39 is 12.1 Å². The Bertz CT molecular complexity index is 701. The van der Waals surface area contributed by atoms with E-state index in [9.17, 15) is 19.2 Å². The molecule has 0 saturated carbocycles. The van der Waals surface area contributed by atoms with Crippen LogP contribution in [0.25, 0.3) is 0 Å². The topological polar surface area (TPSA) is 134 Å². The van der Waals surface area contributed by atoms with Crippen LogP contribution in [0.15, 0.2) is 24.3 Å². The predicted octanol–water partition coefficient (Wildman–Crippen LogP) is 0.879. The molecule has 0 spiro atoms. The molecule has 146 valence electrons. The first-order chi connectivity index (χ1) is 12.8. The number of benzene rings is 1. The maximum atomic E-state index is 12.0. The molecule has 9 heteroatoms. The molecule has 1 aliphatic heterocycles. The number of amides is 5. The van der Waals surface area contributed by atoms with E-state index in [1.807, 2.05) is 13.8 Å². The first kappa shape index (κ1) is 20.4. The van der Waals surface area contributed by atoms with Crippen LogP contribution in [0, 0.1) is 5.92 Å². The average Bonchev–Trinajstić information content (AvgIpc) is 2.92. The fourth-order valence-electron chi connectivity index (χ4n) is 2.61. The quantitative estimate of drug-likeness (QED) is 0.501. The van der Waals surface area contributed by atoms with E-state index in [0.29, 0.717) is 23.7 Å². The normalized spacial score (nSPS) is 14.9. The van der Waals surface area contributed by atoms with Crippen LogP contribution in [0.2, 0.25) is 0 Å². The third-order valence-electron chi connectivity index (χ3n) is 4.00. The van der Waals surface area contributed by atoms with Crippen LogP contribution < -0.4 is 21.7 Å². The van der Waals surface area contributed by atoms with Gasteiger partial charge in [0, 0.05) is 24.3 Å². The van der Waals surface area contributed by atoms with Crippen molar-refractivity contribution in [1.82, 2.24) is 10.2 Å². The number of nitrogens with zero attached hydrogens (tertiary/aromatic N) is 1. The van der Waals surface area contributed by atoms with E-state index in [2.05, 4.69) is 16.0 Å². The van der Waals surface area contributed by atoms with Gasteiger partial charge in [-0.15, -0.1) is 0 Å². The number of carbonyl (C=O) groups excluding carboxylic acids is 4. The number of carbonyl (C=O) groups is 4. The summed E-state index contributed by atoms with van der Waals surface area (Å²) in [5.41, 5.74) is 6.96. The lowest BCUT2D eigenvalue weighted by atomic mass is 10.0. The number of nitrogens with two attached hydrogens (primary N) is 1. The fraction of sp³-hybridized carbons (Fsp3) is 0.444. The van der Waals surface area contributed by atoms with Crippen LogP contribution in [-0.2, 0) is 14.4 Å². The number of anilines is 2. The van der Waals surface area contributed by atoms with Crippen molar-refractivity contribution in [3.05, 3.63) is 24.3 Å². The highest BCUT2D eigenvalue weighted by atomic mass is 16.2. The van der Waals surface area contributed by atoms with E-state index in [1.165, 1.54) is 0 Å². The van der Waals surface area contributed by atoms with Gasteiger partial charge < -0.3 is 21.7 Å². The monoisotopic (exact) mass is 375 g/mol. The molecule has 0 unspecified atom stereocenters. The van der Waals surface area contributed by atoms with Gasteiger partial charge in [0.15, 0.2) is 0 Å². The van der Waals surface area contributed by atoms with Crippen molar-refractivity contribution < 1.29 is 19.2 Å². The van der Waals surface area contributed by atoms with Crippen molar-refractivity contribution in [2.75, 3.05) is 23.7 Å². The minimum Gasteiger partial charge on any atom is -0.329 e.